The normalized spacial score (nSPS) is 11.4. The van der Waals surface area contributed by atoms with Crippen molar-refractivity contribution in [2.24, 2.45) is 5.14 Å². The van der Waals surface area contributed by atoms with Crippen LogP contribution in [-0.4, -0.2) is 20.7 Å². The molecule has 0 saturated heterocycles. The van der Waals surface area contributed by atoms with Crippen molar-refractivity contribution in [2.75, 3.05) is 17.6 Å². The lowest BCUT2D eigenvalue weighted by molar-refractivity contribution is 0.598. The molecule has 0 atom stereocenters. The molecule has 0 amide bonds. The van der Waals surface area contributed by atoms with E-state index < -0.39 is 10.0 Å². The van der Waals surface area contributed by atoms with Gasteiger partial charge in [-0.3, -0.25) is 0 Å². The predicted octanol–water partition coefficient (Wildman–Crippen LogP) is 1.73. The zero-order valence-electron chi connectivity index (χ0n) is 10.1. The van der Waals surface area contributed by atoms with E-state index in [1.807, 2.05) is 12.1 Å². The number of anilines is 1. The summed E-state index contributed by atoms with van der Waals surface area (Å²) in [6.45, 7) is 2.51. The van der Waals surface area contributed by atoms with Crippen LogP contribution < -0.4 is 10.5 Å². The molecule has 1 rings (SSSR count). The summed E-state index contributed by atoms with van der Waals surface area (Å²) in [4.78, 5) is 0. The molecule has 0 bridgehead atoms. The summed E-state index contributed by atoms with van der Waals surface area (Å²) in [6, 6.07) is 8.06. The van der Waals surface area contributed by atoms with Crippen molar-refractivity contribution in [3.05, 3.63) is 29.8 Å². The van der Waals surface area contributed by atoms with Crippen molar-refractivity contribution in [1.29, 1.82) is 0 Å². The number of primary sulfonamides is 1. The van der Waals surface area contributed by atoms with Crippen molar-refractivity contribution in [1.82, 2.24) is 0 Å². The van der Waals surface area contributed by atoms with E-state index >= 15 is 0 Å². The first-order valence-electron chi connectivity index (χ1n) is 5.84. The summed E-state index contributed by atoms with van der Waals surface area (Å²) in [5.41, 5.74) is 2.23. The van der Waals surface area contributed by atoms with E-state index in [4.69, 9.17) is 5.14 Å². The first-order chi connectivity index (χ1) is 8.01. The molecule has 0 fully saturated rings. The Morgan fingerprint density at radius 3 is 2.41 bits per heavy atom. The minimum Gasteiger partial charge on any atom is -0.384 e. The summed E-state index contributed by atoms with van der Waals surface area (Å²) in [7, 11) is -3.38. The van der Waals surface area contributed by atoms with E-state index in [1.54, 1.807) is 0 Å². The molecule has 1 aromatic carbocycles. The molecule has 5 heteroatoms. The summed E-state index contributed by atoms with van der Waals surface area (Å²) in [5.74, 6) is -0.0510. The number of nitrogens with two attached hydrogens (primary N) is 1. The summed E-state index contributed by atoms with van der Waals surface area (Å²) in [5, 5.41) is 7.94. The third-order valence-electron chi connectivity index (χ3n) is 2.49. The summed E-state index contributed by atoms with van der Waals surface area (Å²) in [6.07, 6.45) is 3.47. The molecule has 1 aromatic rings. The van der Waals surface area contributed by atoms with Crippen LogP contribution in [-0.2, 0) is 16.4 Å². The van der Waals surface area contributed by atoms with Gasteiger partial charge in [0.15, 0.2) is 0 Å². The monoisotopic (exact) mass is 256 g/mol. The van der Waals surface area contributed by atoms with Gasteiger partial charge in [0.2, 0.25) is 10.0 Å². The molecular weight excluding hydrogens is 236 g/mol. The Morgan fingerprint density at radius 2 is 1.88 bits per heavy atom. The Balaban J connectivity index is 2.40. The Hall–Kier alpha value is -1.07. The molecule has 17 heavy (non-hydrogen) atoms. The first kappa shape index (κ1) is 14.0. The highest BCUT2D eigenvalue weighted by Crippen LogP contribution is 2.11. The zero-order valence-corrected chi connectivity index (χ0v) is 11.0. The largest absolute Gasteiger partial charge is 0.384 e. The van der Waals surface area contributed by atoms with Crippen LogP contribution in [0.2, 0.25) is 0 Å². The molecule has 0 radical (unpaired) electrons. The van der Waals surface area contributed by atoms with Crippen molar-refractivity contribution in [3.63, 3.8) is 0 Å². The van der Waals surface area contributed by atoms with E-state index in [9.17, 15) is 8.42 Å². The average Bonchev–Trinajstić information content (AvgIpc) is 2.26. The van der Waals surface area contributed by atoms with Gasteiger partial charge in [-0.1, -0.05) is 25.5 Å². The average molecular weight is 256 g/mol. The minimum absolute atomic E-state index is 0.0510. The van der Waals surface area contributed by atoms with Crippen LogP contribution >= 0.6 is 0 Å². The van der Waals surface area contributed by atoms with Crippen LogP contribution in [0.4, 0.5) is 5.69 Å². The number of benzene rings is 1. The number of hydrogen-bond donors (Lipinski definition) is 2. The lowest BCUT2D eigenvalue weighted by Crippen LogP contribution is -2.22. The van der Waals surface area contributed by atoms with Gasteiger partial charge in [0.05, 0.1) is 5.75 Å². The van der Waals surface area contributed by atoms with Gasteiger partial charge in [0.1, 0.15) is 0 Å². The van der Waals surface area contributed by atoms with Crippen molar-refractivity contribution >= 4 is 15.7 Å². The number of hydrogen-bond acceptors (Lipinski definition) is 3. The highest BCUT2D eigenvalue weighted by atomic mass is 32.2. The second-order valence-electron chi connectivity index (χ2n) is 4.09. The maximum Gasteiger partial charge on any atom is 0.210 e. The van der Waals surface area contributed by atoms with Gasteiger partial charge in [-0.2, -0.15) is 0 Å². The van der Waals surface area contributed by atoms with Crippen LogP contribution in [0.15, 0.2) is 24.3 Å². The van der Waals surface area contributed by atoms with Gasteiger partial charge in [0, 0.05) is 12.2 Å². The van der Waals surface area contributed by atoms with Crippen molar-refractivity contribution in [3.8, 4) is 0 Å². The van der Waals surface area contributed by atoms with E-state index in [-0.39, 0.29) is 5.75 Å². The number of sulfonamides is 1. The maximum absolute atomic E-state index is 10.7. The Bertz CT molecular complexity index is 426. The third kappa shape index (κ3) is 6.28. The summed E-state index contributed by atoms with van der Waals surface area (Å²) < 4.78 is 21.5. The molecule has 4 nitrogen and oxygen atoms in total. The molecule has 0 aliphatic heterocycles. The van der Waals surface area contributed by atoms with Crippen LogP contribution in [0, 0.1) is 0 Å². The second kappa shape index (κ2) is 6.61. The van der Waals surface area contributed by atoms with Crippen molar-refractivity contribution in [2.45, 2.75) is 26.2 Å². The molecule has 0 heterocycles. The Labute approximate surface area is 103 Å². The highest BCUT2D eigenvalue weighted by Gasteiger charge is 2.01. The molecule has 3 N–H and O–H groups in total. The van der Waals surface area contributed by atoms with E-state index in [0.29, 0.717) is 6.54 Å². The number of aryl methyl sites for hydroxylation is 1. The van der Waals surface area contributed by atoms with E-state index in [0.717, 1.165) is 12.1 Å². The SMILES string of the molecule is CCCCc1ccc(NCCS(N)(=O)=O)cc1. The second-order valence-corrected chi connectivity index (χ2v) is 5.83. The van der Waals surface area contributed by atoms with Crippen LogP contribution in [0.1, 0.15) is 25.3 Å². The molecule has 0 aromatic heterocycles. The Kier molecular flexibility index (Phi) is 5.44. The van der Waals surface area contributed by atoms with E-state index in [1.165, 1.54) is 18.4 Å². The zero-order chi connectivity index (χ0) is 12.7. The molecule has 0 aliphatic rings. The predicted molar refractivity (Wildman–Crippen MR) is 71.5 cm³/mol. The van der Waals surface area contributed by atoms with E-state index in [2.05, 4.69) is 24.4 Å². The number of rotatable bonds is 7. The highest BCUT2D eigenvalue weighted by molar-refractivity contribution is 7.89. The molecule has 0 spiro atoms. The topological polar surface area (TPSA) is 72.2 Å². The van der Waals surface area contributed by atoms with Gasteiger partial charge < -0.3 is 5.32 Å². The van der Waals surface area contributed by atoms with Crippen molar-refractivity contribution < 1.29 is 8.42 Å². The van der Waals surface area contributed by atoms with Crippen LogP contribution in [0.3, 0.4) is 0 Å². The van der Waals surface area contributed by atoms with Crippen LogP contribution in [0.5, 0.6) is 0 Å². The fourth-order valence-corrected chi connectivity index (χ4v) is 1.89. The van der Waals surface area contributed by atoms with Gasteiger partial charge in [-0.15, -0.1) is 0 Å². The molecule has 96 valence electrons. The van der Waals surface area contributed by atoms with Gasteiger partial charge >= 0.3 is 0 Å². The molecule has 0 unspecified atom stereocenters. The number of nitrogens with one attached hydrogen (secondary N) is 1. The lowest BCUT2D eigenvalue weighted by atomic mass is 10.1. The third-order valence-corrected chi connectivity index (χ3v) is 3.26. The fraction of sp³-hybridized carbons (Fsp3) is 0.500. The lowest BCUT2D eigenvalue weighted by Gasteiger charge is -2.06. The Morgan fingerprint density at radius 1 is 1.24 bits per heavy atom. The fourth-order valence-electron chi connectivity index (χ4n) is 1.51. The summed E-state index contributed by atoms with van der Waals surface area (Å²) >= 11 is 0. The minimum atomic E-state index is -3.38. The smallest absolute Gasteiger partial charge is 0.210 e. The van der Waals surface area contributed by atoms with Crippen LogP contribution in [0.25, 0.3) is 0 Å². The molecule has 0 saturated carbocycles. The quantitative estimate of drug-likeness (QED) is 0.780. The first-order valence-corrected chi connectivity index (χ1v) is 7.56. The van der Waals surface area contributed by atoms with Gasteiger partial charge in [-0.25, -0.2) is 13.6 Å². The number of unbranched alkanes of at least 4 members (excludes halogenated alkanes) is 1. The standard InChI is InChI=1S/C12H20N2O2S/c1-2-3-4-11-5-7-12(8-6-11)14-9-10-17(13,15)16/h5-8,14H,2-4,9-10H2,1H3,(H2,13,15,16). The molecular formula is C12H20N2O2S. The van der Waals surface area contributed by atoms with Gasteiger partial charge in [-0.05, 0) is 30.5 Å². The van der Waals surface area contributed by atoms with Gasteiger partial charge in [0.25, 0.3) is 0 Å². The maximum atomic E-state index is 10.7. The molecule has 0 aliphatic carbocycles.